The van der Waals surface area contributed by atoms with Crippen molar-refractivity contribution in [3.8, 4) is 0 Å². The summed E-state index contributed by atoms with van der Waals surface area (Å²) in [4.78, 5) is 17.6. The van der Waals surface area contributed by atoms with Crippen molar-refractivity contribution in [1.82, 2.24) is 0 Å². The van der Waals surface area contributed by atoms with Crippen molar-refractivity contribution in [2.75, 3.05) is 0 Å². The molecule has 0 fully saturated rings. The topological polar surface area (TPSA) is 43.4 Å². The van der Waals surface area contributed by atoms with Gasteiger partial charge in [-0.3, -0.25) is 0 Å². The molecule has 0 saturated carbocycles. The molecule has 0 aromatic carbocycles. The molecule has 0 saturated heterocycles. The van der Waals surface area contributed by atoms with E-state index in [1.54, 1.807) is 6.92 Å². The Labute approximate surface area is 62.7 Å². The van der Waals surface area contributed by atoms with E-state index in [9.17, 15) is 0 Å². The fraction of sp³-hybridized carbons (Fsp3) is 0.250. The third-order valence-corrected chi connectivity index (χ3v) is 0.0833. The fourth-order valence-corrected chi connectivity index (χ4v) is 0.0170. The van der Waals surface area contributed by atoms with Gasteiger partial charge in [0.15, 0.2) is 0 Å². The molecule has 8 heavy (non-hydrogen) atoms. The molecule has 0 aromatic rings. The molecule has 0 radical (unpaired) electrons. The van der Waals surface area contributed by atoms with Crippen LogP contribution in [-0.2, 0) is 35.4 Å². The van der Waals surface area contributed by atoms with Gasteiger partial charge in [-0.15, -0.1) is 12.9 Å². The molecule has 0 aromatic heterocycles. The first-order chi connectivity index (χ1) is 3.41. The minimum absolute atomic E-state index is 0. The van der Waals surface area contributed by atoms with Gasteiger partial charge < -0.3 is 21.2 Å². The average Bonchev–Trinajstić information content (AvgIpc) is 1.75. The Hall–Kier alpha value is -0.172. The summed E-state index contributed by atoms with van der Waals surface area (Å²) in [5, 5.41) is 0. The molecule has 0 N–H and O–H groups in total. The van der Waals surface area contributed by atoms with E-state index in [0.717, 1.165) is 12.9 Å². The zero-order valence-corrected chi connectivity index (χ0v) is 7.27. The predicted octanol–water partition coefficient (Wildman–Crippen LogP) is -0.0247. The molecule has 0 unspecified atom stereocenters. The van der Waals surface area contributed by atoms with Crippen LogP contribution in [0.15, 0.2) is 0 Å². The molecule has 0 aliphatic rings. The fourth-order valence-electron chi connectivity index (χ4n) is 0.0170. The van der Waals surface area contributed by atoms with Crippen LogP contribution in [0.3, 0.4) is 0 Å². The van der Waals surface area contributed by atoms with Crippen LogP contribution in [0, 0.1) is 6.92 Å². The molecule has 0 aliphatic heterocycles. The minimum atomic E-state index is 0. The van der Waals surface area contributed by atoms with Crippen LogP contribution >= 0.6 is 0 Å². The second-order valence-electron chi connectivity index (χ2n) is 0.269. The Kier molecular flexibility index (Phi) is 56.7. The summed E-state index contributed by atoms with van der Waals surface area (Å²) in [6, 6.07) is 0. The molecule has 0 amide bonds. The zero-order valence-electron chi connectivity index (χ0n) is 4.34. The van der Waals surface area contributed by atoms with Gasteiger partial charge in [-0.05, 0) is 0 Å². The molecule has 3 nitrogen and oxygen atoms in total. The van der Waals surface area contributed by atoms with Crippen molar-refractivity contribution >= 4 is 12.9 Å². The third-order valence-electron chi connectivity index (χ3n) is 0.0833. The van der Waals surface area contributed by atoms with Gasteiger partial charge in [0.25, 0.3) is 0 Å². The van der Waals surface area contributed by atoms with Gasteiger partial charge in [0.05, 0.1) is 0 Å². The summed E-state index contributed by atoms with van der Waals surface area (Å²) < 4.78 is 3.22. The number of ether oxygens (including phenoxy) is 1. The molecular formula is C4H5O3W-3. The summed E-state index contributed by atoms with van der Waals surface area (Å²) in [7, 11) is 0. The number of rotatable bonds is 2. The molecule has 0 spiro atoms. The van der Waals surface area contributed by atoms with Gasteiger partial charge in [-0.2, -0.15) is 6.92 Å². The summed E-state index contributed by atoms with van der Waals surface area (Å²) in [6.07, 6.45) is 0. The Morgan fingerprint density at radius 3 is 1.50 bits per heavy atom. The second-order valence-corrected chi connectivity index (χ2v) is 0.269. The van der Waals surface area contributed by atoms with Crippen molar-refractivity contribution in [3.05, 3.63) is 6.92 Å². The van der Waals surface area contributed by atoms with E-state index in [-0.39, 0.29) is 21.1 Å². The van der Waals surface area contributed by atoms with Crippen LogP contribution in [0.5, 0.6) is 0 Å². The molecule has 0 aliphatic carbocycles. The van der Waals surface area contributed by atoms with Crippen molar-refractivity contribution in [2.45, 2.75) is 6.92 Å². The smallest absolute Gasteiger partial charge is 0 e. The normalized spacial score (nSPS) is 4.25. The molecule has 0 atom stereocenters. The van der Waals surface area contributed by atoms with E-state index in [2.05, 4.69) is 11.7 Å². The van der Waals surface area contributed by atoms with E-state index < -0.39 is 0 Å². The van der Waals surface area contributed by atoms with Crippen LogP contribution in [0.1, 0.15) is 6.92 Å². The second kappa shape index (κ2) is 29.0. The summed E-state index contributed by atoms with van der Waals surface area (Å²) in [5.74, 6) is 0. The molecule has 0 bridgehead atoms. The standard InChI is InChI=1S/C2O3.C2H5.W/c3-1-5-2-4;1-2;/h;1H2,2H3;/q-2;-1;. The number of hydrogen-bond acceptors (Lipinski definition) is 3. The average molecular weight is 285 g/mol. The summed E-state index contributed by atoms with van der Waals surface area (Å²) in [5.41, 5.74) is 0. The van der Waals surface area contributed by atoms with Gasteiger partial charge in [0.1, 0.15) is 0 Å². The van der Waals surface area contributed by atoms with Crippen LogP contribution < -0.4 is 0 Å². The molecule has 48 valence electrons. The molecule has 4 heteroatoms. The first-order valence-corrected chi connectivity index (χ1v) is 1.52. The van der Waals surface area contributed by atoms with Crippen LogP contribution in [-0.4, -0.2) is 12.9 Å². The van der Waals surface area contributed by atoms with Crippen molar-refractivity contribution in [3.63, 3.8) is 0 Å². The van der Waals surface area contributed by atoms with E-state index in [4.69, 9.17) is 9.59 Å². The first kappa shape index (κ1) is 15.7. The first-order valence-electron chi connectivity index (χ1n) is 1.52. The summed E-state index contributed by atoms with van der Waals surface area (Å²) >= 11 is 0. The summed E-state index contributed by atoms with van der Waals surface area (Å²) in [6.45, 7) is 6.69. The van der Waals surface area contributed by atoms with Gasteiger partial charge in [-0.25, -0.2) is 0 Å². The van der Waals surface area contributed by atoms with E-state index in [0.29, 0.717) is 0 Å². The maximum atomic E-state index is 8.80. The van der Waals surface area contributed by atoms with Gasteiger partial charge in [-0.1, -0.05) is 0 Å². The van der Waals surface area contributed by atoms with Crippen molar-refractivity contribution < 1.29 is 35.4 Å². The van der Waals surface area contributed by atoms with Gasteiger partial charge in [0.2, 0.25) is 0 Å². The zero-order chi connectivity index (χ0) is 6.12. The Bertz CT molecular complexity index is 40.5. The predicted molar refractivity (Wildman–Crippen MR) is 23.5 cm³/mol. The minimum Gasteiger partial charge on any atom is -0.783 e. The SMILES string of the molecule is O=[C-]O[C-]=O.[CH2-]C.[W]. The quantitative estimate of drug-likeness (QED) is 0.529. The molecule has 0 heterocycles. The maximum Gasteiger partial charge on any atom is 0 e. The molecule has 0 rings (SSSR count). The van der Waals surface area contributed by atoms with Crippen molar-refractivity contribution in [1.29, 1.82) is 0 Å². The van der Waals surface area contributed by atoms with Gasteiger partial charge >= 0.3 is 0 Å². The number of carbonyl (C=O) groups excluding carboxylic acids is 2. The van der Waals surface area contributed by atoms with Crippen LogP contribution in [0.25, 0.3) is 0 Å². The maximum absolute atomic E-state index is 8.80. The van der Waals surface area contributed by atoms with Gasteiger partial charge in [0, 0.05) is 21.1 Å². The van der Waals surface area contributed by atoms with Crippen molar-refractivity contribution in [2.24, 2.45) is 0 Å². The van der Waals surface area contributed by atoms with Crippen LogP contribution in [0.2, 0.25) is 0 Å². The third kappa shape index (κ3) is 40.6. The Morgan fingerprint density at radius 2 is 1.50 bits per heavy atom. The number of hydrogen-bond donors (Lipinski definition) is 0. The van der Waals surface area contributed by atoms with E-state index in [1.807, 2.05) is 0 Å². The molecular weight excluding hydrogens is 280 g/mol. The monoisotopic (exact) mass is 285 g/mol. The largest absolute Gasteiger partial charge is 0.783 e. The van der Waals surface area contributed by atoms with E-state index in [1.165, 1.54) is 0 Å². The van der Waals surface area contributed by atoms with Crippen LogP contribution in [0.4, 0.5) is 0 Å². The Balaban J connectivity index is -0.0000000750. The Morgan fingerprint density at radius 1 is 1.25 bits per heavy atom. The van der Waals surface area contributed by atoms with E-state index >= 15 is 0 Å².